The summed E-state index contributed by atoms with van der Waals surface area (Å²) in [6.45, 7) is 7.43. The standard InChI is InChI=1S/C15H17N3O4/c1-9(2)21-14-13(18(19)20)15(17-8-16-14)22-12-6-5-10(3)11(4)7-12/h5-9H,1-4H3. The van der Waals surface area contributed by atoms with E-state index in [-0.39, 0.29) is 23.6 Å². The lowest BCUT2D eigenvalue weighted by Crippen LogP contribution is -2.10. The number of hydrogen-bond donors (Lipinski definition) is 0. The van der Waals surface area contributed by atoms with Crippen molar-refractivity contribution in [1.82, 2.24) is 9.97 Å². The Hall–Kier alpha value is -2.70. The highest BCUT2D eigenvalue weighted by atomic mass is 16.6. The van der Waals surface area contributed by atoms with Crippen molar-refractivity contribution in [2.75, 3.05) is 0 Å². The lowest BCUT2D eigenvalue weighted by atomic mass is 10.1. The molecule has 2 aromatic rings. The van der Waals surface area contributed by atoms with E-state index >= 15 is 0 Å². The molecule has 2 rings (SSSR count). The molecule has 1 heterocycles. The van der Waals surface area contributed by atoms with Crippen LogP contribution in [0, 0.1) is 24.0 Å². The van der Waals surface area contributed by atoms with Gasteiger partial charge in [-0.2, -0.15) is 9.97 Å². The minimum absolute atomic E-state index is 0.103. The van der Waals surface area contributed by atoms with Crippen LogP contribution in [0.25, 0.3) is 0 Å². The fourth-order valence-electron chi connectivity index (χ4n) is 1.78. The first-order valence-electron chi connectivity index (χ1n) is 6.79. The van der Waals surface area contributed by atoms with Gasteiger partial charge in [0.25, 0.3) is 0 Å². The van der Waals surface area contributed by atoms with Gasteiger partial charge in [0.15, 0.2) is 0 Å². The van der Waals surface area contributed by atoms with Crippen molar-refractivity contribution in [2.24, 2.45) is 0 Å². The monoisotopic (exact) mass is 303 g/mol. The first kappa shape index (κ1) is 15.7. The van der Waals surface area contributed by atoms with Gasteiger partial charge in [-0.05, 0) is 51.0 Å². The zero-order chi connectivity index (χ0) is 16.3. The summed E-state index contributed by atoms with van der Waals surface area (Å²) in [6, 6.07) is 5.41. The van der Waals surface area contributed by atoms with Crippen LogP contribution in [0.2, 0.25) is 0 Å². The zero-order valence-electron chi connectivity index (χ0n) is 12.9. The molecule has 0 bridgehead atoms. The summed E-state index contributed by atoms with van der Waals surface area (Å²) >= 11 is 0. The Balaban J connectivity index is 2.41. The third kappa shape index (κ3) is 3.49. The van der Waals surface area contributed by atoms with Crippen molar-refractivity contribution < 1.29 is 14.4 Å². The Morgan fingerprint density at radius 2 is 1.82 bits per heavy atom. The fraction of sp³-hybridized carbons (Fsp3) is 0.333. The molecule has 0 radical (unpaired) electrons. The maximum atomic E-state index is 11.3. The van der Waals surface area contributed by atoms with E-state index in [4.69, 9.17) is 9.47 Å². The first-order chi connectivity index (χ1) is 10.4. The van der Waals surface area contributed by atoms with Gasteiger partial charge in [-0.1, -0.05) is 6.07 Å². The molecule has 22 heavy (non-hydrogen) atoms. The Labute approximate surface area is 128 Å². The molecule has 7 heteroatoms. The van der Waals surface area contributed by atoms with Gasteiger partial charge in [0.05, 0.1) is 11.0 Å². The molecule has 0 unspecified atom stereocenters. The van der Waals surface area contributed by atoms with Gasteiger partial charge >= 0.3 is 17.4 Å². The van der Waals surface area contributed by atoms with E-state index in [9.17, 15) is 10.1 Å². The number of benzene rings is 1. The molecule has 0 fully saturated rings. The average molecular weight is 303 g/mol. The molecule has 7 nitrogen and oxygen atoms in total. The number of nitro groups is 1. The minimum atomic E-state index is -0.603. The summed E-state index contributed by atoms with van der Waals surface area (Å²) in [5, 5.41) is 11.3. The van der Waals surface area contributed by atoms with Crippen molar-refractivity contribution in [1.29, 1.82) is 0 Å². The van der Waals surface area contributed by atoms with E-state index in [2.05, 4.69) is 9.97 Å². The minimum Gasteiger partial charge on any atom is -0.470 e. The molecular formula is C15H17N3O4. The van der Waals surface area contributed by atoms with E-state index in [1.807, 2.05) is 19.9 Å². The van der Waals surface area contributed by atoms with Gasteiger partial charge < -0.3 is 9.47 Å². The molecule has 116 valence electrons. The maximum Gasteiger partial charge on any atom is 0.392 e. The van der Waals surface area contributed by atoms with Crippen LogP contribution in [0.15, 0.2) is 24.5 Å². The lowest BCUT2D eigenvalue weighted by molar-refractivity contribution is -0.387. The summed E-state index contributed by atoms with van der Waals surface area (Å²) in [4.78, 5) is 18.4. The largest absolute Gasteiger partial charge is 0.470 e. The van der Waals surface area contributed by atoms with Crippen LogP contribution < -0.4 is 9.47 Å². The molecular weight excluding hydrogens is 286 g/mol. The second kappa shape index (κ2) is 6.38. The van der Waals surface area contributed by atoms with Crippen LogP contribution in [0.5, 0.6) is 17.5 Å². The zero-order valence-corrected chi connectivity index (χ0v) is 12.9. The van der Waals surface area contributed by atoms with Gasteiger partial charge in [0, 0.05) is 0 Å². The van der Waals surface area contributed by atoms with Gasteiger partial charge in [-0.3, -0.25) is 10.1 Å². The van der Waals surface area contributed by atoms with E-state index in [0.717, 1.165) is 11.1 Å². The highest BCUT2D eigenvalue weighted by molar-refractivity contribution is 5.51. The van der Waals surface area contributed by atoms with Gasteiger partial charge in [-0.15, -0.1) is 0 Å². The Bertz CT molecular complexity index is 701. The third-order valence-electron chi connectivity index (χ3n) is 2.98. The molecule has 1 aromatic heterocycles. The summed E-state index contributed by atoms with van der Waals surface area (Å²) in [5.41, 5.74) is 1.75. The summed E-state index contributed by atoms with van der Waals surface area (Å²) in [6.07, 6.45) is 0.934. The number of aromatic nitrogens is 2. The van der Waals surface area contributed by atoms with Gasteiger partial charge in [0.2, 0.25) is 0 Å². The van der Waals surface area contributed by atoms with Crippen molar-refractivity contribution in [3.63, 3.8) is 0 Å². The normalized spacial score (nSPS) is 10.6. The summed E-state index contributed by atoms with van der Waals surface area (Å²) < 4.78 is 10.9. The van der Waals surface area contributed by atoms with Crippen LogP contribution >= 0.6 is 0 Å². The Morgan fingerprint density at radius 1 is 1.14 bits per heavy atom. The number of hydrogen-bond acceptors (Lipinski definition) is 6. The SMILES string of the molecule is Cc1ccc(Oc2ncnc(OC(C)C)c2[N+](=O)[O-])cc1C. The molecule has 0 saturated carbocycles. The number of nitrogens with zero attached hydrogens (tertiary/aromatic N) is 3. The fourth-order valence-corrected chi connectivity index (χ4v) is 1.78. The molecule has 0 aliphatic heterocycles. The quantitative estimate of drug-likeness (QED) is 0.619. The Kier molecular flexibility index (Phi) is 4.55. The Morgan fingerprint density at radius 3 is 2.41 bits per heavy atom. The van der Waals surface area contributed by atoms with Crippen LogP contribution in [-0.4, -0.2) is 21.0 Å². The van der Waals surface area contributed by atoms with Crippen LogP contribution in [-0.2, 0) is 0 Å². The summed E-state index contributed by atoms with van der Waals surface area (Å²) in [5.74, 6) is 0.230. The van der Waals surface area contributed by atoms with Crippen LogP contribution in [0.3, 0.4) is 0 Å². The number of rotatable bonds is 5. The predicted molar refractivity (Wildman–Crippen MR) is 80.4 cm³/mol. The maximum absolute atomic E-state index is 11.3. The average Bonchev–Trinajstić information content (AvgIpc) is 2.42. The molecule has 1 aromatic carbocycles. The molecule has 0 aliphatic carbocycles. The number of aryl methyl sites for hydroxylation is 2. The predicted octanol–water partition coefficient (Wildman–Crippen LogP) is 3.58. The summed E-state index contributed by atoms with van der Waals surface area (Å²) in [7, 11) is 0. The van der Waals surface area contributed by atoms with Crippen molar-refractivity contribution in [3.05, 3.63) is 45.8 Å². The molecule has 0 N–H and O–H groups in total. The third-order valence-corrected chi connectivity index (χ3v) is 2.98. The van der Waals surface area contributed by atoms with Gasteiger partial charge in [-0.25, -0.2) is 0 Å². The molecule has 0 saturated heterocycles. The van der Waals surface area contributed by atoms with Crippen LogP contribution in [0.1, 0.15) is 25.0 Å². The molecule has 0 atom stereocenters. The van der Waals surface area contributed by atoms with E-state index in [1.165, 1.54) is 6.33 Å². The topological polar surface area (TPSA) is 87.4 Å². The van der Waals surface area contributed by atoms with E-state index in [0.29, 0.717) is 5.75 Å². The first-order valence-corrected chi connectivity index (χ1v) is 6.79. The molecule has 0 spiro atoms. The van der Waals surface area contributed by atoms with Gasteiger partial charge in [0.1, 0.15) is 12.1 Å². The lowest BCUT2D eigenvalue weighted by Gasteiger charge is -2.11. The van der Waals surface area contributed by atoms with Crippen molar-refractivity contribution >= 4 is 5.69 Å². The number of ether oxygens (including phenoxy) is 2. The van der Waals surface area contributed by atoms with Crippen LogP contribution in [0.4, 0.5) is 5.69 Å². The second-order valence-corrected chi connectivity index (χ2v) is 5.10. The van der Waals surface area contributed by atoms with Crippen molar-refractivity contribution in [3.8, 4) is 17.5 Å². The molecule has 0 aliphatic rings. The highest BCUT2D eigenvalue weighted by Gasteiger charge is 2.27. The smallest absolute Gasteiger partial charge is 0.392 e. The van der Waals surface area contributed by atoms with E-state index < -0.39 is 4.92 Å². The second-order valence-electron chi connectivity index (χ2n) is 5.10. The van der Waals surface area contributed by atoms with E-state index in [1.54, 1.807) is 26.0 Å². The molecule has 0 amide bonds. The highest BCUT2D eigenvalue weighted by Crippen LogP contribution is 2.36. The van der Waals surface area contributed by atoms with Crippen molar-refractivity contribution in [2.45, 2.75) is 33.8 Å².